The maximum Gasteiger partial charge on any atom is 0.323 e. The van der Waals surface area contributed by atoms with E-state index in [1.807, 2.05) is 0 Å². The average Bonchev–Trinajstić information content (AvgIpc) is 3.07. The number of carbonyl (C=O) groups is 3. The molecule has 178 valence electrons. The molecule has 1 heterocycles. The van der Waals surface area contributed by atoms with Gasteiger partial charge < -0.3 is 25.1 Å². The van der Waals surface area contributed by atoms with Crippen LogP contribution in [0, 0.1) is 0 Å². The lowest BCUT2D eigenvalue weighted by Gasteiger charge is -2.13. The Morgan fingerprint density at radius 1 is 1.18 bits per heavy atom. The van der Waals surface area contributed by atoms with Gasteiger partial charge in [0.1, 0.15) is 22.7 Å². The zero-order valence-corrected chi connectivity index (χ0v) is 20.0. The van der Waals surface area contributed by atoms with Crippen LogP contribution in [0.1, 0.15) is 11.1 Å². The molecule has 0 aromatic heterocycles. The molecule has 3 rings (SSSR count). The molecule has 1 saturated heterocycles. The molecule has 1 aliphatic heterocycles. The Hall–Kier alpha value is -3.41. The average molecular weight is 503 g/mol. The van der Waals surface area contributed by atoms with E-state index in [1.54, 1.807) is 48.5 Å². The van der Waals surface area contributed by atoms with Crippen molar-refractivity contribution >= 4 is 52.2 Å². The summed E-state index contributed by atoms with van der Waals surface area (Å²) in [6, 6.07) is 11.5. The first-order valence-electron chi connectivity index (χ1n) is 9.97. The van der Waals surface area contributed by atoms with Gasteiger partial charge in [0.15, 0.2) is 11.5 Å². The minimum Gasteiger partial charge on any atom is -0.493 e. The Kier molecular flexibility index (Phi) is 8.26. The third-order valence-electron chi connectivity index (χ3n) is 4.76. The number of amides is 1. The van der Waals surface area contributed by atoms with Gasteiger partial charge in [-0.15, -0.1) is 0 Å². The van der Waals surface area contributed by atoms with Gasteiger partial charge in [-0.1, -0.05) is 42.2 Å². The van der Waals surface area contributed by atoms with Gasteiger partial charge in [0.25, 0.3) is 5.91 Å². The van der Waals surface area contributed by atoms with Crippen molar-refractivity contribution in [3.63, 3.8) is 0 Å². The largest absolute Gasteiger partial charge is 0.493 e. The van der Waals surface area contributed by atoms with Crippen molar-refractivity contribution in [1.29, 1.82) is 0 Å². The zero-order valence-electron chi connectivity index (χ0n) is 18.3. The second-order valence-electron chi connectivity index (χ2n) is 7.15. The second-order valence-corrected chi connectivity index (χ2v) is 8.83. The Morgan fingerprint density at radius 3 is 2.50 bits per heavy atom. The van der Waals surface area contributed by atoms with Crippen molar-refractivity contribution in [3.05, 3.63) is 58.5 Å². The molecular weight excluding hydrogens is 480 g/mol. The van der Waals surface area contributed by atoms with E-state index in [0.717, 1.165) is 22.2 Å². The van der Waals surface area contributed by atoms with Crippen LogP contribution in [0.25, 0.3) is 6.08 Å². The molecule has 11 heteroatoms. The predicted octanol–water partition coefficient (Wildman–Crippen LogP) is 2.82. The highest BCUT2D eigenvalue weighted by molar-refractivity contribution is 8.26. The molecule has 1 atom stereocenters. The van der Waals surface area contributed by atoms with Gasteiger partial charge in [-0.2, -0.15) is 0 Å². The van der Waals surface area contributed by atoms with Crippen LogP contribution in [0.4, 0.5) is 0 Å². The smallest absolute Gasteiger partial charge is 0.323 e. The van der Waals surface area contributed by atoms with E-state index in [2.05, 4.69) is 4.74 Å². The number of benzene rings is 2. The molecule has 2 aromatic rings. The number of hydrogen-bond donors (Lipinski definition) is 2. The number of thioether (sulfide) groups is 1. The van der Waals surface area contributed by atoms with Crippen molar-refractivity contribution in [3.8, 4) is 17.2 Å². The Bertz CT molecular complexity index is 1150. The van der Waals surface area contributed by atoms with E-state index in [4.69, 9.17) is 32.5 Å². The van der Waals surface area contributed by atoms with E-state index in [-0.39, 0.29) is 4.32 Å². The summed E-state index contributed by atoms with van der Waals surface area (Å²) in [6.45, 7) is -0.481. The summed E-state index contributed by atoms with van der Waals surface area (Å²) in [4.78, 5) is 36.3. The normalized spacial score (nSPS) is 15.4. The van der Waals surface area contributed by atoms with Crippen LogP contribution in [0.5, 0.6) is 17.2 Å². The van der Waals surface area contributed by atoms with E-state index in [9.17, 15) is 14.4 Å². The minimum atomic E-state index is -1.14. The topological polar surface area (TPSA) is 128 Å². The third-order valence-corrected chi connectivity index (χ3v) is 6.14. The third kappa shape index (κ3) is 6.13. The van der Waals surface area contributed by atoms with Crippen LogP contribution >= 0.6 is 24.0 Å². The molecule has 0 bridgehead atoms. The van der Waals surface area contributed by atoms with Crippen LogP contribution in [-0.4, -0.2) is 59.0 Å². The molecule has 1 aliphatic rings. The minimum absolute atomic E-state index is 0.196. The van der Waals surface area contributed by atoms with Crippen LogP contribution in [0.2, 0.25) is 0 Å². The first-order chi connectivity index (χ1) is 16.2. The number of thiocarbonyl (C=S) groups is 1. The molecule has 0 spiro atoms. The molecule has 0 saturated carbocycles. The van der Waals surface area contributed by atoms with E-state index in [1.165, 1.54) is 14.2 Å². The fraction of sp³-hybridized carbons (Fsp3) is 0.217. The monoisotopic (exact) mass is 502 g/mol. The summed E-state index contributed by atoms with van der Waals surface area (Å²) in [5.41, 5.74) is 7.31. The molecule has 1 fully saturated rings. The number of ether oxygens (including phenoxy) is 3. The number of methoxy groups -OCH3 is 2. The van der Waals surface area contributed by atoms with Crippen molar-refractivity contribution < 1.29 is 33.7 Å². The summed E-state index contributed by atoms with van der Waals surface area (Å²) in [6.07, 6.45) is 1.95. The van der Waals surface area contributed by atoms with Crippen molar-refractivity contribution in [2.45, 2.75) is 12.5 Å². The summed E-state index contributed by atoms with van der Waals surface area (Å²) >= 11 is 6.15. The number of aliphatic carboxylic acids is 1. The first-order valence-corrected chi connectivity index (χ1v) is 11.2. The molecule has 9 nitrogen and oxygen atoms in total. The fourth-order valence-corrected chi connectivity index (χ4v) is 4.35. The zero-order chi connectivity index (χ0) is 24.8. The van der Waals surface area contributed by atoms with Crippen LogP contribution in [-0.2, 0) is 25.5 Å². The van der Waals surface area contributed by atoms with Gasteiger partial charge in [-0.05, 0) is 47.9 Å². The van der Waals surface area contributed by atoms with Gasteiger partial charge in [0, 0.05) is 0 Å². The van der Waals surface area contributed by atoms with E-state index < -0.39 is 30.4 Å². The maximum atomic E-state index is 12.5. The van der Waals surface area contributed by atoms with Crippen LogP contribution in [0.3, 0.4) is 0 Å². The summed E-state index contributed by atoms with van der Waals surface area (Å²) in [5.74, 6) is -0.627. The first kappa shape index (κ1) is 25.2. The Morgan fingerprint density at radius 2 is 1.88 bits per heavy atom. The van der Waals surface area contributed by atoms with E-state index in [0.29, 0.717) is 34.1 Å². The SMILES string of the molecule is COC(=O)[C@@H](N)Cc1ccc(Oc2ccc(C=C3SC(=S)N(CC(=O)O)C3=O)cc2OC)cc1. The second kappa shape index (κ2) is 11.1. The Balaban J connectivity index is 1.73. The molecule has 34 heavy (non-hydrogen) atoms. The van der Waals surface area contributed by atoms with Gasteiger partial charge in [-0.25, -0.2) is 0 Å². The molecule has 0 unspecified atom stereocenters. The highest BCUT2D eigenvalue weighted by Crippen LogP contribution is 2.36. The molecule has 0 radical (unpaired) electrons. The summed E-state index contributed by atoms with van der Waals surface area (Å²) in [7, 11) is 2.79. The van der Waals surface area contributed by atoms with Gasteiger partial charge >= 0.3 is 11.9 Å². The number of rotatable bonds is 9. The molecule has 2 aromatic carbocycles. The number of carboxylic acids is 1. The van der Waals surface area contributed by atoms with E-state index >= 15 is 0 Å². The van der Waals surface area contributed by atoms with Gasteiger partial charge in [0.05, 0.1) is 19.1 Å². The number of esters is 1. The molecule has 3 N–H and O–H groups in total. The molecule has 0 aliphatic carbocycles. The number of nitrogens with zero attached hydrogens (tertiary/aromatic N) is 1. The fourth-order valence-electron chi connectivity index (χ4n) is 3.09. The van der Waals surface area contributed by atoms with Crippen molar-refractivity contribution in [2.75, 3.05) is 20.8 Å². The lowest BCUT2D eigenvalue weighted by molar-refractivity contribution is -0.142. The van der Waals surface area contributed by atoms with Crippen molar-refractivity contribution in [1.82, 2.24) is 4.90 Å². The number of hydrogen-bond acceptors (Lipinski definition) is 9. The number of carbonyl (C=O) groups excluding carboxylic acids is 2. The Labute approximate surface area is 205 Å². The standard InChI is InChI=1S/C23H22N2O7S2/c1-30-18-10-14(11-19-21(28)25(12-20(26)27)23(33)34-19)5-8-17(18)32-15-6-3-13(4-7-15)9-16(24)22(29)31-2/h3-8,10-11,16H,9,12,24H2,1-2H3,(H,26,27)/t16-/m0/s1. The quantitative estimate of drug-likeness (QED) is 0.300. The summed E-state index contributed by atoms with van der Waals surface area (Å²) in [5, 5.41) is 8.95. The maximum absolute atomic E-state index is 12.5. The molecule has 1 amide bonds. The highest BCUT2D eigenvalue weighted by atomic mass is 32.2. The summed E-state index contributed by atoms with van der Waals surface area (Å²) < 4.78 is 16.2. The lowest BCUT2D eigenvalue weighted by atomic mass is 10.1. The van der Waals surface area contributed by atoms with Crippen molar-refractivity contribution in [2.24, 2.45) is 5.73 Å². The lowest BCUT2D eigenvalue weighted by Crippen LogP contribution is -2.33. The van der Waals surface area contributed by atoms with Crippen LogP contribution < -0.4 is 15.2 Å². The number of nitrogens with two attached hydrogens (primary N) is 1. The number of carboxylic acid groups (broad SMARTS) is 1. The predicted molar refractivity (Wildman–Crippen MR) is 131 cm³/mol. The highest BCUT2D eigenvalue weighted by Gasteiger charge is 2.33. The molecular formula is C23H22N2O7S2. The van der Waals surface area contributed by atoms with Crippen LogP contribution in [0.15, 0.2) is 47.4 Å². The van der Waals surface area contributed by atoms with Gasteiger partial charge in [-0.3, -0.25) is 19.3 Å². The van der Waals surface area contributed by atoms with Gasteiger partial charge in [0.2, 0.25) is 0 Å².